The Balaban J connectivity index is 1.34. The Morgan fingerprint density at radius 1 is 0.765 bits per heavy atom. The summed E-state index contributed by atoms with van der Waals surface area (Å²) < 4.78 is 27.1. The number of hydrogen-bond donors (Lipinski definition) is 1. The van der Waals surface area contributed by atoms with Crippen LogP contribution in [0.5, 0.6) is 0 Å². The van der Waals surface area contributed by atoms with Crippen molar-refractivity contribution in [2.45, 2.75) is 18.9 Å². The molecule has 4 unspecified atom stereocenters. The van der Waals surface area contributed by atoms with E-state index < -0.39 is 17.8 Å². The highest BCUT2D eigenvalue weighted by Crippen LogP contribution is 2.46. The topological polar surface area (TPSA) is 60.9 Å². The summed E-state index contributed by atoms with van der Waals surface area (Å²) in [6.45, 7) is 2.14. The van der Waals surface area contributed by atoms with Crippen LogP contribution in [0, 0.1) is 35.3 Å². The lowest BCUT2D eigenvalue weighted by molar-refractivity contribution is -0.157. The van der Waals surface area contributed by atoms with Gasteiger partial charge in [-0.2, -0.15) is 0 Å². The van der Waals surface area contributed by atoms with Crippen molar-refractivity contribution in [3.63, 3.8) is 0 Å². The summed E-state index contributed by atoms with van der Waals surface area (Å²) in [7, 11) is 0. The van der Waals surface area contributed by atoms with E-state index in [-0.39, 0.29) is 35.4 Å². The van der Waals surface area contributed by atoms with Crippen LogP contribution in [0.4, 0.5) is 8.78 Å². The number of carboxylic acid groups (broad SMARTS) is 1. The molecule has 5 nitrogen and oxygen atoms in total. The van der Waals surface area contributed by atoms with Crippen molar-refractivity contribution in [3.8, 4) is 0 Å². The summed E-state index contributed by atoms with van der Waals surface area (Å²) in [6.07, 6.45) is 5.70. The van der Waals surface area contributed by atoms with E-state index in [0.717, 1.165) is 24.0 Å². The summed E-state index contributed by atoms with van der Waals surface area (Å²) in [5, 5.41) is 9.82. The molecule has 34 heavy (non-hydrogen) atoms. The standard InChI is InChI=1S/C27H28F2N2O3/c28-21-9-5-19(6-10-21)25(20-7-11-22(29)12-8-20)30-13-15-31(16-14-30)26(32)23-17-1-3-18(4-2-17)24(23)27(33)34/h1,3,5-12,17-18,23-25H,2,4,13-16H2,(H,33,34). The van der Waals surface area contributed by atoms with E-state index in [2.05, 4.69) is 4.90 Å². The third-order valence-electron chi connectivity index (χ3n) is 7.68. The number of rotatable bonds is 5. The first-order valence-electron chi connectivity index (χ1n) is 11.9. The molecule has 178 valence electrons. The van der Waals surface area contributed by atoms with Crippen molar-refractivity contribution in [2.24, 2.45) is 23.7 Å². The highest BCUT2D eigenvalue weighted by atomic mass is 19.1. The van der Waals surface area contributed by atoms with E-state index >= 15 is 0 Å². The van der Waals surface area contributed by atoms with Gasteiger partial charge >= 0.3 is 5.97 Å². The number of hydrogen-bond acceptors (Lipinski definition) is 3. The Hall–Kier alpha value is -3.06. The zero-order valence-electron chi connectivity index (χ0n) is 18.8. The van der Waals surface area contributed by atoms with Crippen LogP contribution in [-0.4, -0.2) is 53.0 Å². The van der Waals surface area contributed by atoms with E-state index in [0.29, 0.717) is 26.2 Å². The van der Waals surface area contributed by atoms with Crippen LogP contribution in [0.15, 0.2) is 60.7 Å². The van der Waals surface area contributed by atoms with Gasteiger partial charge in [-0.3, -0.25) is 14.5 Å². The molecule has 2 aromatic rings. The summed E-state index contributed by atoms with van der Waals surface area (Å²) in [4.78, 5) is 29.5. The van der Waals surface area contributed by atoms with Crippen LogP contribution in [0.25, 0.3) is 0 Å². The number of amides is 1. The second-order valence-electron chi connectivity index (χ2n) is 9.55. The lowest BCUT2D eigenvalue weighted by Gasteiger charge is -2.46. The highest BCUT2D eigenvalue weighted by molar-refractivity contribution is 5.86. The minimum atomic E-state index is -0.885. The first-order chi connectivity index (χ1) is 16.4. The van der Waals surface area contributed by atoms with Crippen LogP contribution in [0.3, 0.4) is 0 Å². The Morgan fingerprint density at radius 2 is 1.24 bits per heavy atom. The van der Waals surface area contributed by atoms with Gasteiger partial charge in [-0.1, -0.05) is 36.4 Å². The maximum absolute atomic E-state index is 13.6. The molecule has 6 rings (SSSR count). The normalized spacial score (nSPS) is 26.7. The van der Waals surface area contributed by atoms with Crippen molar-refractivity contribution in [1.82, 2.24) is 9.80 Å². The van der Waals surface area contributed by atoms with Gasteiger partial charge in [0.25, 0.3) is 0 Å². The highest BCUT2D eigenvalue weighted by Gasteiger charge is 2.49. The molecule has 4 aliphatic rings. The molecule has 1 amide bonds. The van der Waals surface area contributed by atoms with E-state index in [1.54, 1.807) is 29.2 Å². The van der Waals surface area contributed by atoms with Crippen molar-refractivity contribution in [1.29, 1.82) is 0 Å². The monoisotopic (exact) mass is 466 g/mol. The van der Waals surface area contributed by atoms with Gasteiger partial charge in [-0.25, -0.2) is 8.78 Å². The zero-order chi connectivity index (χ0) is 23.8. The third kappa shape index (κ3) is 4.25. The molecule has 2 aromatic carbocycles. The molecule has 1 saturated carbocycles. The summed E-state index contributed by atoms with van der Waals surface area (Å²) >= 11 is 0. The maximum Gasteiger partial charge on any atom is 0.307 e. The Morgan fingerprint density at radius 3 is 1.68 bits per heavy atom. The number of halogens is 2. The number of piperazine rings is 1. The Labute approximate surface area is 197 Å². The summed E-state index contributed by atoms with van der Waals surface area (Å²) in [5.41, 5.74) is 1.79. The fraction of sp³-hybridized carbons (Fsp3) is 0.407. The SMILES string of the molecule is O=C(O)C1C2C=CC(CC2)C1C(=O)N1CCN(C(c2ccc(F)cc2)c2ccc(F)cc2)CC1. The number of benzene rings is 2. The van der Waals surface area contributed by atoms with Gasteiger partial charge in [-0.15, -0.1) is 0 Å². The quantitative estimate of drug-likeness (QED) is 0.674. The average Bonchev–Trinajstić information content (AvgIpc) is 2.86. The molecular weight excluding hydrogens is 438 g/mol. The summed E-state index contributed by atoms with van der Waals surface area (Å²) in [5.74, 6) is -2.82. The van der Waals surface area contributed by atoms with Gasteiger partial charge < -0.3 is 10.0 Å². The molecule has 3 aliphatic carbocycles. The number of carbonyl (C=O) groups excluding carboxylic acids is 1. The summed E-state index contributed by atoms with van der Waals surface area (Å²) in [6, 6.07) is 12.4. The molecule has 2 bridgehead atoms. The molecule has 4 atom stereocenters. The van der Waals surface area contributed by atoms with Gasteiger partial charge in [0.15, 0.2) is 0 Å². The van der Waals surface area contributed by atoms with Crippen LogP contribution in [0.1, 0.15) is 30.0 Å². The number of fused-ring (bicyclic) bond motifs is 2. The van der Waals surface area contributed by atoms with Crippen LogP contribution < -0.4 is 0 Å². The molecule has 0 aromatic heterocycles. The van der Waals surface area contributed by atoms with Crippen molar-refractivity contribution in [2.75, 3.05) is 26.2 Å². The maximum atomic E-state index is 13.6. The first kappa shape index (κ1) is 22.7. The van der Waals surface area contributed by atoms with E-state index in [4.69, 9.17) is 0 Å². The van der Waals surface area contributed by atoms with Gasteiger partial charge in [0.1, 0.15) is 11.6 Å². The number of carboxylic acids is 1. The molecular formula is C27H28F2N2O3. The number of aliphatic carboxylic acids is 1. The first-order valence-corrected chi connectivity index (χ1v) is 11.9. The fourth-order valence-corrected chi connectivity index (χ4v) is 5.98. The van der Waals surface area contributed by atoms with Crippen molar-refractivity contribution < 1.29 is 23.5 Å². The number of nitrogens with zero attached hydrogens (tertiary/aromatic N) is 2. The Kier molecular flexibility index (Phi) is 6.21. The molecule has 7 heteroatoms. The van der Waals surface area contributed by atoms with Gasteiger partial charge in [0.05, 0.1) is 17.9 Å². The number of carbonyl (C=O) groups is 2. The van der Waals surface area contributed by atoms with Crippen molar-refractivity contribution in [3.05, 3.63) is 83.4 Å². The van der Waals surface area contributed by atoms with E-state index in [9.17, 15) is 23.5 Å². The fourth-order valence-electron chi connectivity index (χ4n) is 5.98. The average molecular weight is 467 g/mol. The largest absolute Gasteiger partial charge is 0.481 e. The lowest BCUT2D eigenvalue weighted by Crippen LogP contribution is -2.55. The third-order valence-corrected chi connectivity index (χ3v) is 7.68. The minimum absolute atomic E-state index is 0.0113. The smallest absolute Gasteiger partial charge is 0.307 e. The molecule has 1 saturated heterocycles. The lowest BCUT2D eigenvalue weighted by atomic mass is 9.62. The van der Waals surface area contributed by atoms with Gasteiger partial charge in [0, 0.05) is 26.2 Å². The molecule has 0 spiro atoms. The molecule has 1 N–H and O–H groups in total. The Bertz CT molecular complexity index is 1030. The van der Waals surface area contributed by atoms with Crippen LogP contribution in [-0.2, 0) is 9.59 Å². The second kappa shape index (κ2) is 9.29. The molecule has 1 aliphatic heterocycles. The molecule has 2 fully saturated rings. The predicted octanol–water partition coefficient (Wildman–Crippen LogP) is 4.11. The van der Waals surface area contributed by atoms with Crippen LogP contribution >= 0.6 is 0 Å². The van der Waals surface area contributed by atoms with E-state index in [1.165, 1.54) is 24.3 Å². The zero-order valence-corrected chi connectivity index (χ0v) is 18.8. The molecule has 1 heterocycles. The van der Waals surface area contributed by atoms with Crippen molar-refractivity contribution >= 4 is 11.9 Å². The van der Waals surface area contributed by atoms with E-state index in [1.807, 2.05) is 12.2 Å². The van der Waals surface area contributed by atoms with Gasteiger partial charge in [-0.05, 0) is 60.1 Å². The van der Waals surface area contributed by atoms with Crippen LogP contribution in [0.2, 0.25) is 0 Å². The second-order valence-corrected chi connectivity index (χ2v) is 9.55. The number of allylic oxidation sites excluding steroid dienone is 2. The molecule has 0 radical (unpaired) electrons. The minimum Gasteiger partial charge on any atom is -0.481 e. The predicted molar refractivity (Wildman–Crippen MR) is 123 cm³/mol. The van der Waals surface area contributed by atoms with Gasteiger partial charge in [0.2, 0.25) is 5.91 Å².